The summed E-state index contributed by atoms with van der Waals surface area (Å²) < 4.78 is 54.1. The first kappa shape index (κ1) is 22.8. The van der Waals surface area contributed by atoms with Gasteiger partial charge >= 0.3 is 0 Å². The number of amides is 1. The number of rotatable bonds is 6. The average Bonchev–Trinajstić information content (AvgIpc) is 3.27. The van der Waals surface area contributed by atoms with Crippen LogP contribution in [0.2, 0.25) is 0 Å². The van der Waals surface area contributed by atoms with Gasteiger partial charge in [0, 0.05) is 32.5 Å². The topological polar surface area (TPSA) is 109 Å². The number of aliphatic hydroxyl groups is 1. The molecule has 4 rings (SSSR count). The second kappa shape index (κ2) is 8.19. The van der Waals surface area contributed by atoms with E-state index in [-0.39, 0.29) is 28.3 Å². The summed E-state index contributed by atoms with van der Waals surface area (Å²) in [4.78, 5) is 19.5. The highest BCUT2D eigenvalue weighted by Gasteiger charge is 2.50. The highest BCUT2D eigenvalue weighted by atomic mass is 32.2. The lowest BCUT2D eigenvalue weighted by atomic mass is 9.98. The van der Waals surface area contributed by atoms with Gasteiger partial charge < -0.3 is 10.0 Å². The van der Waals surface area contributed by atoms with Gasteiger partial charge in [0.15, 0.2) is 9.84 Å². The summed E-state index contributed by atoms with van der Waals surface area (Å²) >= 11 is 0. The third kappa shape index (κ3) is 3.95. The van der Waals surface area contributed by atoms with E-state index in [1.54, 1.807) is 4.68 Å². The van der Waals surface area contributed by atoms with E-state index >= 15 is 0 Å². The van der Waals surface area contributed by atoms with E-state index in [9.17, 15) is 27.1 Å². The maximum atomic E-state index is 14.9. The number of hydrogen-bond donors (Lipinski definition) is 1. The first-order valence-electron chi connectivity index (χ1n) is 9.93. The molecule has 1 atom stereocenters. The van der Waals surface area contributed by atoms with E-state index in [1.165, 1.54) is 42.8 Å². The number of sulfone groups is 1. The number of benzene rings is 2. The number of aryl methyl sites for hydroxylation is 1. The van der Waals surface area contributed by atoms with Crippen LogP contribution in [0.4, 0.5) is 14.5 Å². The van der Waals surface area contributed by atoms with Crippen molar-refractivity contribution in [1.82, 2.24) is 19.7 Å². The predicted octanol–water partition coefficient (Wildman–Crippen LogP) is 1.74. The Hall–Kier alpha value is -3.38. The second-order valence-corrected chi connectivity index (χ2v) is 9.75. The number of nitrogens with zero attached hydrogens (tertiary/aromatic N) is 5. The predicted molar refractivity (Wildman–Crippen MR) is 114 cm³/mol. The second-order valence-electron chi connectivity index (χ2n) is 7.74. The van der Waals surface area contributed by atoms with Crippen molar-refractivity contribution < 1.29 is 27.1 Å². The lowest BCUT2D eigenvalue weighted by Crippen LogP contribution is -2.63. The van der Waals surface area contributed by atoms with Crippen molar-refractivity contribution in [3.8, 4) is 0 Å². The average molecular weight is 477 g/mol. The lowest BCUT2D eigenvalue weighted by molar-refractivity contribution is -0.0993. The van der Waals surface area contributed by atoms with Crippen LogP contribution < -0.4 is 4.90 Å². The Labute approximate surface area is 188 Å². The number of anilines is 1. The smallest absolute Gasteiger partial charge is 0.259 e. The molecule has 0 bridgehead atoms. The van der Waals surface area contributed by atoms with Crippen molar-refractivity contribution >= 4 is 21.4 Å². The van der Waals surface area contributed by atoms with Crippen LogP contribution in [0, 0.1) is 11.6 Å². The molecule has 0 fully saturated rings. The third-order valence-corrected chi connectivity index (χ3v) is 6.72. The summed E-state index contributed by atoms with van der Waals surface area (Å²) in [6, 6.07) is 6.56. The molecular weight excluding hydrogens is 456 g/mol. The summed E-state index contributed by atoms with van der Waals surface area (Å²) in [5.74, 6) is -4.88. The molecule has 1 aliphatic rings. The summed E-state index contributed by atoms with van der Waals surface area (Å²) in [6.07, 6.45) is 4.21. The van der Waals surface area contributed by atoms with Gasteiger partial charge in [-0.2, -0.15) is 5.10 Å². The summed E-state index contributed by atoms with van der Waals surface area (Å²) in [5.41, 5.74) is -0.115. The quantitative estimate of drug-likeness (QED) is 0.576. The number of halogens is 2. The number of hydrogen-bond acceptors (Lipinski definition) is 7. The fraction of sp³-hybridized carbons (Fsp3) is 0.286. The number of aromatic nitrogens is 3. The molecule has 1 aliphatic heterocycles. The maximum absolute atomic E-state index is 14.9. The molecule has 1 amide bonds. The normalized spacial score (nSPS) is 18.5. The Morgan fingerprint density at radius 3 is 2.52 bits per heavy atom. The SMILES string of the molecule is CN1c2cc(S(C)(=O)=O)ccc2C(=O)N(CCCn2cncn2)C1(O)c1ccc(F)cc1F. The molecule has 12 heteroatoms. The van der Waals surface area contributed by atoms with Gasteiger partial charge in [-0.1, -0.05) is 0 Å². The van der Waals surface area contributed by atoms with E-state index in [0.717, 1.165) is 23.3 Å². The molecule has 1 aromatic heterocycles. The van der Waals surface area contributed by atoms with Crippen LogP contribution in [0.3, 0.4) is 0 Å². The van der Waals surface area contributed by atoms with Gasteiger partial charge in [-0.25, -0.2) is 22.2 Å². The molecule has 2 aromatic carbocycles. The largest absolute Gasteiger partial charge is 0.350 e. The Bertz CT molecular complexity index is 1320. The van der Waals surface area contributed by atoms with Gasteiger partial charge in [-0.3, -0.25) is 14.4 Å². The van der Waals surface area contributed by atoms with Gasteiger partial charge in [0.05, 0.1) is 21.7 Å². The Balaban J connectivity index is 1.83. The van der Waals surface area contributed by atoms with E-state index < -0.39 is 33.2 Å². The van der Waals surface area contributed by atoms with Crippen LogP contribution >= 0.6 is 0 Å². The van der Waals surface area contributed by atoms with Gasteiger partial charge in [0.1, 0.15) is 24.3 Å². The lowest BCUT2D eigenvalue weighted by Gasteiger charge is -2.50. The van der Waals surface area contributed by atoms with Crippen molar-refractivity contribution in [2.75, 3.05) is 24.7 Å². The zero-order valence-corrected chi connectivity index (χ0v) is 18.6. The number of fused-ring (bicyclic) bond motifs is 1. The van der Waals surface area contributed by atoms with Crippen molar-refractivity contribution in [3.63, 3.8) is 0 Å². The molecular formula is C21H21F2N5O4S. The zero-order chi connectivity index (χ0) is 24.0. The third-order valence-electron chi connectivity index (χ3n) is 5.61. The molecule has 0 aliphatic carbocycles. The fourth-order valence-electron chi connectivity index (χ4n) is 3.92. The standard InChI is InChI=1S/C21H21F2N5O4S/c1-26-19-11-15(33(2,31)32)5-6-16(19)20(29)28(9-3-8-27-13-24-12-25-27)21(26,30)17-7-4-14(22)10-18(17)23/h4-7,10-13,30H,3,8-9H2,1-2H3. The highest BCUT2D eigenvalue weighted by molar-refractivity contribution is 7.90. The van der Waals surface area contributed by atoms with Crippen molar-refractivity contribution in [1.29, 1.82) is 0 Å². The van der Waals surface area contributed by atoms with Crippen LogP contribution in [-0.4, -0.2) is 58.9 Å². The molecule has 9 nitrogen and oxygen atoms in total. The minimum absolute atomic E-state index is 0.0103. The molecule has 0 spiro atoms. The van der Waals surface area contributed by atoms with Crippen molar-refractivity contribution in [3.05, 3.63) is 71.8 Å². The molecule has 1 unspecified atom stereocenters. The number of carbonyl (C=O) groups is 1. The van der Waals surface area contributed by atoms with Crippen LogP contribution in [0.1, 0.15) is 22.3 Å². The van der Waals surface area contributed by atoms with E-state index in [2.05, 4.69) is 10.1 Å². The van der Waals surface area contributed by atoms with Crippen LogP contribution in [0.25, 0.3) is 0 Å². The Morgan fingerprint density at radius 1 is 1.12 bits per heavy atom. The van der Waals surface area contributed by atoms with E-state index in [0.29, 0.717) is 19.0 Å². The summed E-state index contributed by atoms with van der Waals surface area (Å²) in [5, 5.41) is 15.8. The van der Waals surface area contributed by atoms with Gasteiger partial charge in [0.2, 0.25) is 0 Å². The zero-order valence-electron chi connectivity index (χ0n) is 17.8. The first-order chi connectivity index (χ1) is 15.5. The summed E-state index contributed by atoms with van der Waals surface area (Å²) in [7, 11) is -2.21. The molecule has 0 saturated carbocycles. The molecule has 33 heavy (non-hydrogen) atoms. The van der Waals surface area contributed by atoms with E-state index in [1.807, 2.05) is 0 Å². The highest BCUT2D eigenvalue weighted by Crippen LogP contribution is 2.42. The molecule has 174 valence electrons. The van der Waals surface area contributed by atoms with Crippen LogP contribution in [0.5, 0.6) is 0 Å². The van der Waals surface area contributed by atoms with Gasteiger partial charge in [0.25, 0.3) is 11.8 Å². The summed E-state index contributed by atoms with van der Waals surface area (Å²) in [6.45, 7) is 0.360. The first-order valence-corrected chi connectivity index (χ1v) is 11.8. The van der Waals surface area contributed by atoms with Crippen molar-refractivity contribution in [2.24, 2.45) is 0 Å². The molecule has 0 saturated heterocycles. The van der Waals surface area contributed by atoms with Crippen molar-refractivity contribution in [2.45, 2.75) is 23.7 Å². The van der Waals surface area contributed by atoms with Crippen LogP contribution in [0.15, 0.2) is 53.9 Å². The van der Waals surface area contributed by atoms with E-state index in [4.69, 9.17) is 0 Å². The minimum atomic E-state index is -3.62. The van der Waals surface area contributed by atoms with Gasteiger partial charge in [-0.05, 0) is 36.8 Å². The van der Waals surface area contributed by atoms with Crippen LogP contribution in [-0.2, 0) is 22.2 Å². The molecule has 1 N–H and O–H groups in total. The minimum Gasteiger partial charge on any atom is -0.350 e. The molecule has 0 radical (unpaired) electrons. The monoisotopic (exact) mass is 477 g/mol. The Kier molecular flexibility index (Phi) is 5.66. The molecule has 2 heterocycles. The maximum Gasteiger partial charge on any atom is 0.259 e. The Morgan fingerprint density at radius 2 is 1.88 bits per heavy atom. The fourth-order valence-corrected chi connectivity index (χ4v) is 4.56. The van der Waals surface area contributed by atoms with Gasteiger partial charge in [-0.15, -0.1) is 0 Å². The number of carbonyl (C=O) groups excluding carboxylic acids is 1. The molecule has 3 aromatic rings.